The van der Waals surface area contributed by atoms with Gasteiger partial charge in [-0.05, 0) is 12.8 Å². The maximum atomic E-state index is 13.0. The van der Waals surface area contributed by atoms with Crippen LogP contribution < -0.4 is 5.32 Å². The first kappa shape index (κ1) is 54.4. The molecule has 12 nitrogen and oxygen atoms in total. The smallest absolute Gasteiger partial charge is 0.391 e. The number of aliphatic hydroxyl groups excluding tert-OH is 6. The quantitative estimate of drug-likeness (QED) is 0.0217. The van der Waals surface area contributed by atoms with Gasteiger partial charge in [-0.25, -0.2) is 4.57 Å². The molecule has 340 valence electrons. The van der Waals surface area contributed by atoms with Crippen molar-refractivity contribution in [2.24, 2.45) is 0 Å². The molecule has 1 amide bonds. The zero-order chi connectivity index (χ0) is 42.2. The lowest BCUT2D eigenvalue weighted by atomic mass is 9.85. The highest BCUT2D eigenvalue weighted by Gasteiger charge is 2.51. The molecule has 0 aromatic carbocycles. The van der Waals surface area contributed by atoms with Crippen molar-refractivity contribution in [3.8, 4) is 0 Å². The summed E-state index contributed by atoms with van der Waals surface area (Å²) in [5, 5.41) is 64.1. The van der Waals surface area contributed by atoms with Crippen LogP contribution in [0.15, 0.2) is 0 Å². The number of carbonyl (C=O) groups is 1. The van der Waals surface area contributed by atoms with Crippen LogP contribution in [0.1, 0.15) is 219 Å². The summed E-state index contributed by atoms with van der Waals surface area (Å²) in [5.41, 5.74) is 0. The van der Waals surface area contributed by atoms with E-state index in [-0.39, 0.29) is 12.3 Å². The minimum Gasteiger partial charge on any atom is -0.391 e. The number of unbranched alkanes of at least 4 members (excludes halogenated alkanes) is 28. The number of phosphoric ester groups is 1. The second-order valence-electron chi connectivity index (χ2n) is 17.0. The van der Waals surface area contributed by atoms with Crippen LogP contribution in [0.4, 0.5) is 0 Å². The van der Waals surface area contributed by atoms with Gasteiger partial charge in [-0.15, -0.1) is 0 Å². The molecule has 0 saturated heterocycles. The molecule has 57 heavy (non-hydrogen) atoms. The fraction of sp³-hybridized carbons (Fsp3) is 0.977. The van der Waals surface area contributed by atoms with Crippen molar-refractivity contribution in [2.45, 2.75) is 268 Å². The van der Waals surface area contributed by atoms with Crippen molar-refractivity contribution in [3.63, 3.8) is 0 Å². The third kappa shape index (κ3) is 27.0. The Hall–Kier alpha value is -0.660. The van der Waals surface area contributed by atoms with E-state index < -0.39 is 63.2 Å². The van der Waals surface area contributed by atoms with Crippen molar-refractivity contribution in [1.82, 2.24) is 5.32 Å². The number of carbonyl (C=O) groups excluding carboxylic acids is 1. The average Bonchev–Trinajstić information content (AvgIpc) is 3.19. The van der Waals surface area contributed by atoms with Gasteiger partial charge in [-0.1, -0.05) is 200 Å². The van der Waals surface area contributed by atoms with Crippen molar-refractivity contribution < 1.29 is 53.9 Å². The molecule has 0 aromatic heterocycles. The molecule has 0 aromatic rings. The topological polar surface area (TPSA) is 206 Å². The predicted molar refractivity (Wildman–Crippen MR) is 228 cm³/mol. The predicted octanol–water partition coefficient (Wildman–Crippen LogP) is 8.68. The van der Waals surface area contributed by atoms with E-state index in [4.69, 9.17) is 9.05 Å². The van der Waals surface area contributed by atoms with Gasteiger partial charge in [-0.3, -0.25) is 13.8 Å². The first-order chi connectivity index (χ1) is 27.4. The van der Waals surface area contributed by atoms with E-state index in [2.05, 4.69) is 19.2 Å². The number of nitrogens with one attached hydrogen (secondary N) is 1. The molecule has 1 aliphatic rings. The van der Waals surface area contributed by atoms with Gasteiger partial charge in [0.25, 0.3) is 0 Å². The summed E-state index contributed by atoms with van der Waals surface area (Å²) in [7, 11) is -5.05. The summed E-state index contributed by atoms with van der Waals surface area (Å²) in [6.07, 6.45) is 24.2. The standard InChI is InChI=1S/C44H88NO11P/c1-3-5-7-9-11-13-15-17-19-20-22-24-26-28-30-32-34-38(47)45-36(35-55-57(53,54)56-44-42(51)40(49)39(48)41(50)43(44)52)37(46)33-31-29-27-25-23-21-18-16-14-12-10-8-6-4-2/h36-37,39-44,46,48-52H,3-35H2,1-2H3,(H,45,47)(H,53,54)/t36-,37+,39?,40+,41?,42?,43?,44?/m0/s1. The van der Waals surface area contributed by atoms with E-state index in [0.29, 0.717) is 19.3 Å². The number of amides is 1. The molecule has 1 rings (SSSR count). The highest BCUT2D eigenvalue weighted by molar-refractivity contribution is 7.47. The van der Waals surface area contributed by atoms with Gasteiger partial charge >= 0.3 is 7.82 Å². The van der Waals surface area contributed by atoms with Gasteiger partial charge in [0.2, 0.25) is 5.91 Å². The largest absolute Gasteiger partial charge is 0.472 e. The molecular formula is C44H88NO11P. The van der Waals surface area contributed by atoms with Crippen LogP contribution in [0.5, 0.6) is 0 Å². The monoisotopic (exact) mass is 838 g/mol. The van der Waals surface area contributed by atoms with Gasteiger partial charge in [0.05, 0.1) is 18.8 Å². The molecule has 0 bridgehead atoms. The highest BCUT2D eigenvalue weighted by Crippen LogP contribution is 2.47. The number of rotatable bonds is 39. The molecule has 1 saturated carbocycles. The van der Waals surface area contributed by atoms with Gasteiger partial charge in [-0.2, -0.15) is 0 Å². The Bertz CT molecular complexity index is 978. The normalized spacial score (nSPS) is 23.3. The van der Waals surface area contributed by atoms with Crippen LogP contribution in [0.25, 0.3) is 0 Å². The Morgan fingerprint density at radius 1 is 0.526 bits per heavy atom. The summed E-state index contributed by atoms with van der Waals surface area (Å²) in [6.45, 7) is 3.90. The van der Waals surface area contributed by atoms with E-state index in [1.165, 1.54) is 141 Å². The molecule has 1 fully saturated rings. The average molecular weight is 838 g/mol. The van der Waals surface area contributed by atoms with Gasteiger partial charge in [0.1, 0.15) is 36.6 Å². The van der Waals surface area contributed by atoms with Crippen LogP contribution in [-0.4, -0.2) is 96.8 Å². The maximum absolute atomic E-state index is 13.0. The van der Waals surface area contributed by atoms with Gasteiger partial charge in [0.15, 0.2) is 0 Å². The lowest BCUT2D eigenvalue weighted by Gasteiger charge is -2.41. The molecule has 9 atom stereocenters. The third-order valence-electron chi connectivity index (χ3n) is 11.7. The maximum Gasteiger partial charge on any atom is 0.472 e. The summed E-state index contributed by atoms with van der Waals surface area (Å²) in [5.74, 6) is -0.305. The van der Waals surface area contributed by atoms with Crippen LogP contribution in [-0.2, 0) is 18.4 Å². The minimum absolute atomic E-state index is 0.242. The zero-order valence-electron chi connectivity index (χ0n) is 36.2. The van der Waals surface area contributed by atoms with Crippen LogP contribution in [0.3, 0.4) is 0 Å². The van der Waals surface area contributed by atoms with E-state index >= 15 is 0 Å². The van der Waals surface area contributed by atoms with Crippen LogP contribution in [0, 0.1) is 0 Å². The Morgan fingerprint density at radius 2 is 0.842 bits per heavy atom. The van der Waals surface area contributed by atoms with E-state index in [0.717, 1.165) is 38.5 Å². The van der Waals surface area contributed by atoms with E-state index in [9.17, 15) is 44.9 Å². The first-order valence-electron chi connectivity index (χ1n) is 23.5. The molecule has 8 N–H and O–H groups in total. The lowest BCUT2D eigenvalue weighted by Crippen LogP contribution is -2.64. The number of hydrogen-bond acceptors (Lipinski definition) is 10. The fourth-order valence-corrected chi connectivity index (χ4v) is 8.76. The van der Waals surface area contributed by atoms with E-state index in [1.54, 1.807) is 0 Å². The SMILES string of the molecule is CCCCCCCCCCCCCCCCCCC(=O)N[C@@H](COP(=O)(O)OC1C(O)C(O)C(O)[C@@H](O)C1O)[C@H](O)CCCCCCCCCCCCCCCC. The van der Waals surface area contributed by atoms with Crippen molar-refractivity contribution >= 4 is 13.7 Å². The van der Waals surface area contributed by atoms with Gasteiger partial charge in [0, 0.05) is 6.42 Å². The third-order valence-corrected chi connectivity index (χ3v) is 12.7. The second kappa shape index (κ2) is 35.0. The highest BCUT2D eigenvalue weighted by atomic mass is 31.2. The second-order valence-corrected chi connectivity index (χ2v) is 18.4. The van der Waals surface area contributed by atoms with Gasteiger partial charge < -0.3 is 40.8 Å². The van der Waals surface area contributed by atoms with Crippen molar-refractivity contribution in [2.75, 3.05) is 6.61 Å². The van der Waals surface area contributed by atoms with Crippen molar-refractivity contribution in [3.05, 3.63) is 0 Å². The van der Waals surface area contributed by atoms with Crippen LogP contribution in [0.2, 0.25) is 0 Å². The summed E-state index contributed by atoms with van der Waals surface area (Å²) in [6, 6.07) is -1.02. The molecule has 1 aliphatic carbocycles. The Labute approximate surface area is 346 Å². The molecular weight excluding hydrogens is 749 g/mol. The van der Waals surface area contributed by atoms with Crippen molar-refractivity contribution in [1.29, 1.82) is 0 Å². The molecule has 0 spiro atoms. The molecule has 13 heteroatoms. The lowest BCUT2D eigenvalue weighted by molar-refractivity contribution is -0.220. The zero-order valence-corrected chi connectivity index (χ0v) is 37.1. The molecule has 0 heterocycles. The van der Waals surface area contributed by atoms with Crippen LogP contribution >= 0.6 is 7.82 Å². The Kier molecular flexibility index (Phi) is 33.4. The minimum atomic E-state index is -5.05. The summed E-state index contributed by atoms with van der Waals surface area (Å²) in [4.78, 5) is 23.4. The number of aliphatic hydroxyl groups is 6. The van der Waals surface area contributed by atoms with E-state index in [1.807, 2.05) is 0 Å². The fourth-order valence-electron chi connectivity index (χ4n) is 7.79. The summed E-state index contributed by atoms with van der Waals surface area (Å²) >= 11 is 0. The Balaban J connectivity index is 2.45. The Morgan fingerprint density at radius 3 is 1.21 bits per heavy atom. The number of hydrogen-bond donors (Lipinski definition) is 8. The molecule has 0 aliphatic heterocycles. The molecule has 6 unspecified atom stereocenters. The summed E-state index contributed by atoms with van der Waals surface area (Å²) < 4.78 is 23.0. The number of phosphoric acid groups is 1. The first-order valence-corrected chi connectivity index (χ1v) is 25.0. The molecule has 0 radical (unpaired) electrons.